The second-order valence-corrected chi connectivity index (χ2v) is 6.86. The van der Waals surface area contributed by atoms with Gasteiger partial charge in [0.2, 0.25) is 0 Å². The van der Waals surface area contributed by atoms with Crippen LogP contribution < -0.4 is 5.32 Å². The lowest BCUT2D eigenvalue weighted by Crippen LogP contribution is -2.47. The Hall–Kier alpha value is -1.55. The lowest BCUT2D eigenvalue weighted by molar-refractivity contribution is 0.181. The molecular formula is C20H33N3O. The molecule has 0 aromatic heterocycles. The monoisotopic (exact) mass is 331 g/mol. The van der Waals surface area contributed by atoms with E-state index in [0.717, 1.165) is 51.5 Å². The van der Waals surface area contributed by atoms with Crippen LogP contribution in [0, 0.1) is 5.92 Å². The van der Waals surface area contributed by atoms with Gasteiger partial charge in [0.05, 0.1) is 6.61 Å². The van der Waals surface area contributed by atoms with Gasteiger partial charge in [-0.05, 0) is 24.8 Å². The van der Waals surface area contributed by atoms with Crippen molar-refractivity contribution in [2.24, 2.45) is 10.9 Å². The van der Waals surface area contributed by atoms with Crippen LogP contribution in [0.3, 0.4) is 0 Å². The standard InChI is InChI=1S/C20H33N3O/c1-5-20(6-2,18-10-8-7-9-11-18)16-22-19(21-3)23(4)14-17-12-13-24-15-17/h7-11,17H,5-6,12-16H2,1-4H3,(H,21,22). The molecule has 0 amide bonds. The van der Waals surface area contributed by atoms with Crippen molar-refractivity contribution in [3.63, 3.8) is 0 Å². The van der Waals surface area contributed by atoms with E-state index in [4.69, 9.17) is 4.74 Å². The van der Waals surface area contributed by atoms with E-state index in [2.05, 4.69) is 66.4 Å². The number of aliphatic imine (C=N–C) groups is 1. The zero-order valence-electron chi connectivity index (χ0n) is 15.7. The molecule has 1 aromatic rings. The molecule has 0 saturated carbocycles. The van der Waals surface area contributed by atoms with Gasteiger partial charge < -0.3 is 15.0 Å². The molecule has 1 N–H and O–H groups in total. The van der Waals surface area contributed by atoms with E-state index in [0.29, 0.717) is 5.92 Å². The highest BCUT2D eigenvalue weighted by Gasteiger charge is 2.29. The van der Waals surface area contributed by atoms with Gasteiger partial charge in [-0.3, -0.25) is 4.99 Å². The minimum absolute atomic E-state index is 0.147. The number of hydrogen-bond acceptors (Lipinski definition) is 2. The Balaban J connectivity index is 2.01. The summed E-state index contributed by atoms with van der Waals surface area (Å²) in [6.45, 7) is 8.23. The third-order valence-electron chi connectivity index (χ3n) is 5.45. The summed E-state index contributed by atoms with van der Waals surface area (Å²) >= 11 is 0. The Morgan fingerprint density at radius 3 is 2.54 bits per heavy atom. The molecule has 1 atom stereocenters. The quantitative estimate of drug-likeness (QED) is 0.615. The molecule has 1 aliphatic rings. The largest absolute Gasteiger partial charge is 0.381 e. The van der Waals surface area contributed by atoms with Gasteiger partial charge in [0, 0.05) is 45.1 Å². The van der Waals surface area contributed by atoms with E-state index in [1.165, 1.54) is 5.56 Å². The molecule has 1 unspecified atom stereocenters. The Kier molecular flexibility index (Phi) is 7.10. The van der Waals surface area contributed by atoms with Crippen LogP contribution in [0.25, 0.3) is 0 Å². The van der Waals surface area contributed by atoms with Crippen LogP contribution in [0.2, 0.25) is 0 Å². The molecule has 1 saturated heterocycles. The minimum Gasteiger partial charge on any atom is -0.381 e. The van der Waals surface area contributed by atoms with E-state index in [1.807, 2.05) is 7.05 Å². The van der Waals surface area contributed by atoms with Crippen molar-refractivity contribution >= 4 is 5.96 Å². The molecule has 4 heteroatoms. The first-order valence-electron chi connectivity index (χ1n) is 9.20. The third kappa shape index (κ3) is 4.50. The molecule has 2 rings (SSSR count). The Morgan fingerprint density at radius 2 is 2.00 bits per heavy atom. The van der Waals surface area contributed by atoms with Gasteiger partial charge in [0.1, 0.15) is 0 Å². The number of benzene rings is 1. The Bertz CT molecular complexity index is 505. The highest BCUT2D eigenvalue weighted by atomic mass is 16.5. The number of ether oxygens (including phenoxy) is 1. The van der Waals surface area contributed by atoms with Crippen molar-refractivity contribution in [1.29, 1.82) is 0 Å². The van der Waals surface area contributed by atoms with Crippen molar-refractivity contribution in [3.8, 4) is 0 Å². The van der Waals surface area contributed by atoms with E-state index >= 15 is 0 Å². The Morgan fingerprint density at radius 1 is 1.29 bits per heavy atom. The normalized spacial score (nSPS) is 18.7. The number of rotatable bonds is 7. The van der Waals surface area contributed by atoms with Gasteiger partial charge in [-0.15, -0.1) is 0 Å². The van der Waals surface area contributed by atoms with Crippen molar-refractivity contribution in [2.75, 3.05) is 40.4 Å². The zero-order valence-corrected chi connectivity index (χ0v) is 15.7. The predicted octanol–water partition coefficient (Wildman–Crippen LogP) is 3.29. The lowest BCUT2D eigenvalue weighted by atomic mass is 9.76. The average molecular weight is 332 g/mol. The fourth-order valence-electron chi connectivity index (χ4n) is 3.64. The van der Waals surface area contributed by atoms with Gasteiger partial charge >= 0.3 is 0 Å². The van der Waals surface area contributed by atoms with Gasteiger partial charge in [-0.1, -0.05) is 44.2 Å². The fraction of sp³-hybridized carbons (Fsp3) is 0.650. The first-order chi connectivity index (χ1) is 11.6. The maximum Gasteiger partial charge on any atom is 0.193 e. The average Bonchev–Trinajstić information content (AvgIpc) is 3.13. The lowest BCUT2D eigenvalue weighted by Gasteiger charge is -2.34. The molecule has 24 heavy (non-hydrogen) atoms. The second-order valence-electron chi connectivity index (χ2n) is 6.86. The maximum atomic E-state index is 5.49. The van der Waals surface area contributed by atoms with Crippen molar-refractivity contribution in [1.82, 2.24) is 10.2 Å². The molecular weight excluding hydrogens is 298 g/mol. The van der Waals surface area contributed by atoms with Crippen molar-refractivity contribution in [3.05, 3.63) is 35.9 Å². The molecule has 1 fully saturated rings. The molecule has 1 aliphatic heterocycles. The number of nitrogens with zero attached hydrogens (tertiary/aromatic N) is 2. The second kappa shape index (κ2) is 9.07. The molecule has 0 spiro atoms. The van der Waals surface area contributed by atoms with Crippen LogP contribution in [0.1, 0.15) is 38.7 Å². The molecule has 1 heterocycles. The first kappa shape index (κ1) is 18.8. The van der Waals surface area contributed by atoms with E-state index in [9.17, 15) is 0 Å². The molecule has 1 aromatic carbocycles. The van der Waals surface area contributed by atoms with Gasteiger partial charge in [0.15, 0.2) is 5.96 Å². The summed E-state index contributed by atoms with van der Waals surface area (Å²) in [7, 11) is 3.99. The molecule has 4 nitrogen and oxygen atoms in total. The number of guanidine groups is 1. The fourth-order valence-corrected chi connectivity index (χ4v) is 3.64. The number of nitrogens with one attached hydrogen (secondary N) is 1. The van der Waals surface area contributed by atoms with E-state index in [-0.39, 0.29) is 5.41 Å². The van der Waals surface area contributed by atoms with Crippen LogP contribution in [-0.2, 0) is 10.2 Å². The smallest absolute Gasteiger partial charge is 0.193 e. The zero-order chi connectivity index (χ0) is 17.4. The van der Waals surface area contributed by atoms with Crippen molar-refractivity contribution in [2.45, 2.75) is 38.5 Å². The Labute approximate surface area is 147 Å². The summed E-state index contributed by atoms with van der Waals surface area (Å²) in [5.74, 6) is 1.59. The summed E-state index contributed by atoms with van der Waals surface area (Å²) in [6, 6.07) is 10.9. The van der Waals surface area contributed by atoms with E-state index < -0.39 is 0 Å². The van der Waals surface area contributed by atoms with Crippen LogP contribution >= 0.6 is 0 Å². The van der Waals surface area contributed by atoms with Crippen LogP contribution in [-0.4, -0.2) is 51.3 Å². The topological polar surface area (TPSA) is 36.9 Å². The van der Waals surface area contributed by atoms with Gasteiger partial charge in [-0.2, -0.15) is 0 Å². The minimum atomic E-state index is 0.147. The van der Waals surface area contributed by atoms with Gasteiger partial charge in [-0.25, -0.2) is 0 Å². The third-order valence-corrected chi connectivity index (χ3v) is 5.45. The SMILES string of the molecule is CCC(CC)(CNC(=NC)N(C)CC1CCOC1)c1ccccc1. The van der Waals surface area contributed by atoms with Crippen LogP contribution in [0.15, 0.2) is 35.3 Å². The molecule has 0 aliphatic carbocycles. The first-order valence-corrected chi connectivity index (χ1v) is 9.20. The van der Waals surface area contributed by atoms with E-state index in [1.54, 1.807) is 0 Å². The molecule has 134 valence electrons. The molecule has 0 bridgehead atoms. The van der Waals surface area contributed by atoms with Crippen molar-refractivity contribution < 1.29 is 4.74 Å². The predicted molar refractivity (Wildman–Crippen MR) is 102 cm³/mol. The highest BCUT2D eigenvalue weighted by Crippen LogP contribution is 2.30. The summed E-state index contributed by atoms with van der Waals surface area (Å²) in [6.07, 6.45) is 3.37. The summed E-state index contributed by atoms with van der Waals surface area (Å²) < 4.78 is 5.49. The molecule has 0 radical (unpaired) electrons. The van der Waals surface area contributed by atoms with Crippen LogP contribution in [0.4, 0.5) is 0 Å². The maximum absolute atomic E-state index is 5.49. The van der Waals surface area contributed by atoms with Crippen LogP contribution in [0.5, 0.6) is 0 Å². The summed E-state index contributed by atoms with van der Waals surface area (Å²) in [5.41, 5.74) is 1.55. The summed E-state index contributed by atoms with van der Waals surface area (Å²) in [5, 5.41) is 3.62. The summed E-state index contributed by atoms with van der Waals surface area (Å²) in [4.78, 5) is 6.72. The number of hydrogen-bond donors (Lipinski definition) is 1. The van der Waals surface area contributed by atoms with Gasteiger partial charge in [0.25, 0.3) is 0 Å². The highest BCUT2D eigenvalue weighted by molar-refractivity contribution is 5.79.